The fourth-order valence-electron chi connectivity index (χ4n) is 2.47. The molecular formula is C17H15FN2O4S. The Balaban J connectivity index is 1.43. The zero-order chi connectivity index (χ0) is 17.8. The van der Waals surface area contributed by atoms with Crippen LogP contribution in [0, 0.1) is 5.82 Å². The van der Waals surface area contributed by atoms with Gasteiger partial charge >= 0.3 is 5.97 Å². The molecule has 0 saturated carbocycles. The van der Waals surface area contributed by atoms with E-state index in [1.165, 1.54) is 33.9 Å². The summed E-state index contributed by atoms with van der Waals surface area (Å²) in [5, 5.41) is 0. The van der Waals surface area contributed by atoms with E-state index in [9.17, 15) is 18.8 Å². The number of hydrogen-bond acceptors (Lipinski definition) is 5. The molecule has 1 aromatic heterocycles. The van der Waals surface area contributed by atoms with E-state index in [-0.39, 0.29) is 5.56 Å². The minimum absolute atomic E-state index is 0.187. The number of esters is 1. The van der Waals surface area contributed by atoms with Crippen molar-refractivity contribution in [2.45, 2.75) is 19.3 Å². The van der Waals surface area contributed by atoms with Crippen molar-refractivity contribution in [2.24, 2.45) is 0 Å². The molecule has 25 heavy (non-hydrogen) atoms. The normalized spacial score (nSPS) is 12.4. The van der Waals surface area contributed by atoms with E-state index in [0.29, 0.717) is 4.88 Å². The summed E-state index contributed by atoms with van der Waals surface area (Å²) < 4.78 is 17.7. The summed E-state index contributed by atoms with van der Waals surface area (Å²) in [7, 11) is 0. The first-order valence-electron chi connectivity index (χ1n) is 7.66. The molecule has 2 aromatic rings. The van der Waals surface area contributed by atoms with E-state index in [4.69, 9.17) is 4.74 Å². The smallest absolute Gasteiger partial charge is 0.348 e. The number of halogens is 1. The fraction of sp³-hybridized carbons (Fsp3) is 0.235. The average molecular weight is 362 g/mol. The topological polar surface area (TPSA) is 84.5 Å². The number of hydrazine groups is 1. The molecule has 2 amide bonds. The molecule has 1 aliphatic carbocycles. The predicted molar refractivity (Wildman–Crippen MR) is 88.6 cm³/mol. The third-order valence-corrected chi connectivity index (χ3v) is 4.92. The maximum absolute atomic E-state index is 12.8. The Bertz CT molecular complexity index is 795. The van der Waals surface area contributed by atoms with E-state index < -0.39 is 30.2 Å². The van der Waals surface area contributed by atoms with Crippen LogP contribution >= 0.6 is 11.3 Å². The lowest BCUT2D eigenvalue weighted by Crippen LogP contribution is -2.43. The quantitative estimate of drug-likeness (QED) is 0.644. The van der Waals surface area contributed by atoms with Crippen molar-refractivity contribution in [1.29, 1.82) is 0 Å². The van der Waals surface area contributed by atoms with Gasteiger partial charge in [0.15, 0.2) is 6.61 Å². The Morgan fingerprint density at radius 1 is 1.12 bits per heavy atom. The molecule has 0 bridgehead atoms. The highest BCUT2D eigenvalue weighted by atomic mass is 32.1. The van der Waals surface area contributed by atoms with E-state index in [1.807, 2.05) is 6.07 Å². The van der Waals surface area contributed by atoms with Crippen LogP contribution in [-0.2, 0) is 22.4 Å². The number of fused-ring (bicyclic) bond motifs is 1. The van der Waals surface area contributed by atoms with Crippen LogP contribution in [0.15, 0.2) is 30.3 Å². The number of aryl methyl sites for hydroxylation is 2. The van der Waals surface area contributed by atoms with Crippen molar-refractivity contribution < 1.29 is 23.5 Å². The molecule has 6 nitrogen and oxygen atoms in total. The number of carbonyl (C=O) groups is 3. The van der Waals surface area contributed by atoms with Crippen LogP contribution in [0.2, 0.25) is 0 Å². The van der Waals surface area contributed by atoms with Crippen LogP contribution in [0.4, 0.5) is 4.39 Å². The van der Waals surface area contributed by atoms with Gasteiger partial charge < -0.3 is 4.74 Å². The number of carbonyl (C=O) groups excluding carboxylic acids is 3. The number of amides is 2. The molecule has 130 valence electrons. The highest BCUT2D eigenvalue weighted by molar-refractivity contribution is 7.14. The number of benzene rings is 1. The summed E-state index contributed by atoms with van der Waals surface area (Å²) in [6.07, 6.45) is 3.05. The maximum Gasteiger partial charge on any atom is 0.348 e. The van der Waals surface area contributed by atoms with Gasteiger partial charge in [0, 0.05) is 10.4 Å². The number of nitrogens with one attached hydrogen (secondary N) is 2. The summed E-state index contributed by atoms with van der Waals surface area (Å²) in [6.45, 7) is -0.509. The van der Waals surface area contributed by atoms with Crippen LogP contribution in [0.5, 0.6) is 0 Å². The first-order chi connectivity index (χ1) is 12.0. The van der Waals surface area contributed by atoms with E-state index in [1.54, 1.807) is 0 Å². The predicted octanol–water partition coefficient (Wildman–Crippen LogP) is 1.99. The summed E-state index contributed by atoms with van der Waals surface area (Å²) in [6, 6.07) is 6.65. The minimum Gasteiger partial charge on any atom is -0.451 e. The van der Waals surface area contributed by atoms with Gasteiger partial charge in [-0.2, -0.15) is 0 Å². The van der Waals surface area contributed by atoms with Crippen LogP contribution in [0.1, 0.15) is 36.9 Å². The van der Waals surface area contributed by atoms with Crippen molar-refractivity contribution in [3.05, 3.63) is 57.0 Å². The lowest BCUT2D eigenvalue weighted by atomic mass is 10.2. The van der Waals surface area contributed by atoms with Crippen molar-refractivity contribution in [3.63, 3.8) is 0 Å². The zero-order valence-electron chi connectivity index (χ0n) is 13.1. The Morgan fingerprint density at radius 2 is 1.88 bits per heavy atom. The molecule has 0 spiro atoms. The number of hydrogen-bond donors (Lipinski definition) is 2. The van der Waals surface area contributed by atoms with E-state index in [2.05, 4.69) is 10.9 Å². The summed E-state index contributed by atoms with van der Waals surface area (Å²) in [5.41, 5.74) is 5.66. The highest BCUT2D eigenvalue weighted by Crippen LogP contribution is 2.30. The molecule has 0 aliphatic heterocycles. The second kappa shape index (κ2) is 7.43. The molecule has 3 rings (SSSR count). The molecular weight excluding hydrogens is 347 g/mol. The van der Waals surface area contributed by atoms with Crippen molar-refractivity contribution in [1.82, 2.24) is 10.9 Å². The molecule has 0 saturated heterocycles. The molecule has 0 unspecified atom stereocenters. The first-order valence-corrected chi connectivity index (χ1v) is 8.48. The fourth-order valence-corrected chi connectivity index (χ4v) is 3.62. The minimum atomic E-state index is -0.673. The van der Waals surface area contributed by atoms with Gasteiger partial charge in [-0.3, -0.25) is 20.4 Å². The van der Waals surface area contributed by atoms with Gasteiger partial charge in [0.2, 0.25) is 0 Å². The molecule has 2 N–H and O–H groups in total. The average Bonchev–Trinajstić information content (AvgIpc) is 3.20. The van der Waals surface area contributed by atoms with Gasteiger partial charge in [-0.1, -0.05) is 0 Å². The summed E-state index contributed by atoms with van der Waals surface area (Å²) >= 11 is 1.39. The third-order valence-electron chi connectivity index (χ3n) is 3.70. The van der Waals surface area contributed by atoms with Crippen molar-refractivity contribution in [2.75, 3.05) is 6.61 Å². The largest absolute Gasteiger partial charge is 0.451 e. The zero-order valence-corrected chi connectivity index (χ0v) is 14.0. The van der Waals surface area contributed by atoms with Gasteiger partial charge in [0.1, 0.15) is 10.7 Å². The summed E-state index contributed by atoms with van der Waals surface area (Å²) in [4.78, 5) is 37.0. The van der Waals surface area contributed by atoms with Crippen LogP contribution < -0.4 is 10.9 Å². The Hall–Kier alpha value is -2.74. The highest BCUT2D eigenvalue weighted by Gasteiger charge is 2.20. The molecule has 1 heterocycles. The van der Waals surface area contributed by atoms with Crippen molar-refractivity contribution >= 4 is 29.1 Å². The van der Waals surface area contributed by atoms with Gasteiger partial charge in [-0.05, 0) is 55.2 Å². The second-order valence-corrected chi connectivity index (χ2v) is 6.63. The third kappa shape index (κ3) is 4.21. The lowest BCUT2D eigenvalue weighted by Gasteiger charge is -2.07. The maximum atomic E-state index is 12.8. The first kappa shape index (κ1) is 17.1. The van der Waals surface area contributed by atoms with E-state index in [0.717, 1.165) is 31.4 Å². The molecule has 0 fully saturated rings. The Kier molecular flexibility index (Phi) is 5.08. The van der Waals surface area contributed by atoms with Gasteiger partial charge in [-0.15, -0.1) is 11.3 Å². The lowest BCUT2D eigenvalue weighted by molar-refractivity contribution is -0.125. The SMILES string of the molecule is O=C(COC(=O)c1cc2c(s1)CCC2)NNC(=O)c1ccc(F)cc1. The summed E-state index contributed by atoms with van der Waals surface area (Å²) in [5.74, 6) is -2.30. The standard InChI is InChI=1S/C17H15FN2O4S/c18-12-6-4-10(5-7-12)16(22)20-19-15(21)9-24-17(23)14-8-11-2-1-3-13(11)25-14/h4-8H,1-3,9H2,(H,19,21)(H,20,22). The van der Waals surface area contributed by atoms with Crippen LogP contribution in [0.3, 0.4) is 0 Å². The molecule has 1 aliphatic rings. The van der Waals surface area contributed by atoms with E-state index >= 15 is 0 Å². The Morgan fingerprint density at radius 3 is 2.60 bits per heavy atom. The Labute approximate surface area is 147 Å². The second-order valence-electron chi connectivity index (χ2n) is 5.50. The monoisotopic (exact) mass is 362 g/mol. The number of thiophene rings is 1. The number of rotatable bonds is 4. The van der Waals surface area contributed by atoms with Gasteiger partial charge in [0.05, 0.1) is 0 Å². The molecule has 1 aromatic carbocycles. The number of ether oxygens (including phenoxy) is 1. The van der Waals surface area contributed by atoms with Crippen LogP contribution in [-0.4, -0.2) is 24.4 Å². The van der Waals surface area contributed by atoms with Gasteiger partial charge in [0.25, 0.3) is 11.8 Å². The molecule has 8 heteroatoms. The van der Waals surface area contributed by atoms with Crippen LogP contribution in [0.25, 0.3) is 0 Å². The van der Waals surface area contributed by atoms with Crippen molar-refractivity contribution in [3.8, 4) is 0 Å². The van der Waals surface area contributed by atoms with Gasteiger partial charge in [-0.25, -0.2) is 9.18 Å². The molecule has 0 atom stereocenters. The molecule has 0 radical (unpaired) electrons.